The second-order valence-corrected chi connectivity index (χ2v) is 7.10. The lowest BCUT2D eigenvalue weighted by molar-refractivity contribution is -0.137. The maximum absolute atomic E-state index is 13.0. The van der Waals surface area contributed by atoms with Gasteiger partial charge in [-0.3, -0.25) is 0 Å². The van der Waals surface area contributed by atoms with Crippen molar-refractivity contribution >= 4 is 23.8 Å². The molecule has 1 saturated heterocycles. The molecule has 164 valence electrons. The molecule has 0 radical (unpaired) electrons. The number of urea groups is 1. The predicted octanol–water partition coefficient (Wildman–Crippen LogP) is 4.65. The van der Waals surface area contributed by atoms with Gasteiger partial charge in [0.15, 0.2) is 0 Å². The lowest BCUT2D eigenvalue weighted by Gasteiger charge is -2.26. The third-order valence-electron chi connectivity index (χ3n) is 5.17. The Balaban J connectivity index is 1.68. The van der Waals surface area contributed by atoms with Gasteiger partial charge in [0.25, 0.3) is 0 Å². The number of carbonyl (C=O) groups is 2. The minimum atomic E-state index is -0.381. The summed E-state index contributed by atoms with van der Waals surface area (Å²) in [6, 6.07) is 12.7. The zero-order chi connectivity index (χ0) is 22.2. The molecular formula is C24H28N2O5. The fraction of sp³-hybridized carbons (Fsp3) is 0.333. The summed E-state index contributed by atoms with van der Waals surface area (Å²) in [6.45, 7) is 2.78. The van der Waals surface area contributed by atoms with Gasteiger partial charge in [-0.05, 0) is 55.7 Å². The molecule has 1 aliphatic heterocycles. The summed E-state index contributed by atoms with van der Waals surface area (Å²) in [7, 11) is 3.23. The van der Waals surface area contributed by atoms with Crippen LogP contribution in [0, 0.1) is 0 Å². The van der Waals surface area contributed by atoms with E-state index in [1.165, 1.54) is 6.08 Å². The average Bonchev–Trinajstić information content (AvgIpc) is 3.28. The van der Waals surface area contributed by atoms with Gasteiger partial charge < -0.3 is 24.4 Å². The lowest BCUT2D eigenvalue weighted by atomic mass is 10.0. The lowest BCUT2D eigenvalue weighted by Crippen LogP contribution is -2.34. The molecule has 7 heteroatoms. The molecule has 1 aliphatic rings. The van der Waals surface area contributed by atoms with Crippen LogP contribution in [0.25, 0.3) is 6.08 Å². The normalized spacial score (nSPS) is 15.7. The average molecular weight is 424 g/mol. The largest absolute Gasteiger partial charge is 0.497 e. The van der Waals surface area contributed by atoms with Crippen LogP contribution in [0.2, 0.25) is 0 Å². The van der Waals surface area contributed by atoms with Gasteiger partial charge in [0.2, 0.25) is 0 Å². The van der Waals surface area contributed by atoms with Crippen molar-refractivity contribution in [1.82, 2.24) is 4.90 Å². The number of benzene rings is 2. The van der Waals surface area contributed by atoms with Crippen molar-refractivity contribution in [2.45, 2.75) is 25.8 Å². The van der Waals surface area contributed by atoms with E-state index in [0.717, 1.165) is 24.0 Å². The second-order valence-electron chi connectivity index (χ2n) is 7.10. The Bertz CT molecular complexity index is 939. The van der Waals surface area contributed by atoms with Crippen LogP contribution < -0.4 is 14.8 Å². The van der Waals surface area contributed by atoms with E-state index in [9.17, 15) is 9.59 Å². The van der Waals surface area contributed by atoms with E-state index in [2.05, 4.69) is 5.32 Å². The highest BCUT2D eigenvalue weighted by Crippen LogP contribution is 2.38. The first-order valence-electron chi connectivity index (χ1n) is 10.3. The van der Waals surface area contributed by atoms with Crippen LogP contribution in [-0.2, 0) is 9.53 Å². The van der Waals surface area contributed by atoms with Crippen LogP contribution in [0.5, 0.6) is 11.5 Å². The minimum Gasteiger partial charge on any atom is -0.497 e. The van der Waals surface area contributed by atoms with Crippen LogP contribution in [-0.4, -0.2) is 44.3 Å². The van der Waals surface area contributed by atoms with Crippen molar-refractivity contribution in [1.29, 1.82) is 0 Å². The molecule has 7 nitrogen and oxygen atoms in total. The van der Waals surface area contributed by atoms with E-state index < -0.39 is 0 Å². The Morgan fingerprint density at radius 1 is 1.13 bits per heavy atom. The highest BCUT2D eigenvalue weighted by Gasteiger charge is 2.32. The number of rotatable bonds is 7. The maximum atomic E-state index is 13.0. The summed E-state index contributed by atoms with van der Waals surface area (Å²) < 4.78 is 15.7. The number of nitrogens with one attached hydrogen (secondary N) is 1. The number of amides is 2. The molecule has 0 bridgehead atoms. The number of ether oxygens (including phenoxy) is 3. The molecular weight excluding hydrogens is 396 g/mol. The Morgan fingerprint density at radius 2 is 1.90 bits per heavy atom. The van der Waals surface area contributed by atoms with E-state index in [4.69, 9.17) is 14.2 Å². The van der Waals surface area contributed by atoms with E-state index in [1.807, 2.05) is 47.4 Å². The molecule has 31 heavy (non-hydrogen) atoms. The van der Waals surface area contributed by atoms with Gasteiger partial charge in [-0.1, -0.05) is 12.1 Å². The van der Waals surface area contributed by atoms with Gasteiger partial charge in [-0.15, -0.1) is 0 Å². The topological polar surface area (TPSA) is 77.1 Å². The molecule has 1 atom stereocenters. The fourth-order valence-electron chi connectivity index (χ4n) is 3.65. The molecule has 0 unspecified atom stereocenters. The van der Waals surface area contributed by atoms with Crippen LogP contribution in [0.4, 0.5) is 10.5 Å². The van der Waals surface area contributed by atoms with Crippen molar-refractivity contribution < 1.29 is 23.8 Å². The molecule has 2 aromatic carbocycles. The number of methoxy groups -OCH3 is 2. The highest BCUT2D eigenvalue weighted by molar-refractivity contribution is 5.90. The van der Waals surface area contributed by atoms with Crippen molar-refractivity contribution in [3.05, 3.63) is 59.7 Å². The van der Waals surface area contributed by atoms with Crippen molar-refractivity contribution in [2.24, 2.45) is 0 Å². The summed E-state index contributed by atoms with van der Waals surface area (Å²) in [4.78, 5) is 26.2. The van der Waals surface area contributed by atoms with E-state index >= 15 is 0 Å². The summed E-state index contributed by atoms with van der Waals surface area (Å²) >= 11 is 0. The third-order valence-corrected chi connectivity index (χ3v) is 5.17. The van der Waals surface area contributed by atoms with Crippen molar-refractivity contribution in [2.75, 3.05) is 32.7 Å². The third kappa shape index (κ3) is 5.57. The molecule has 1 fully saturated rings. The summed E-state index contributed by atoms with van der Waals surface area (Å²) in [5.41, 5.74) is 2.49. The SMILES string of the molecule is CCOC(=O)/C=C/c1ccc(NC(=O)N2CCC[C@H]2c2ccc(OC)cc2OC)cc1. The Hall–Kier alpha value is -3.48. The van der Waals surface area contributed by atoms with Crippen molar-refractivity contribution in [3.63, 3.8) is 0 Å². The van der Waals surface area contributed by atoms with Crippen LogP contribution in [0.15, 0.2) is 48.5 Å². The smallest absolute Gasteiger partial charge is 0.330 e. The molecule has 1 heterocycles. The first-order valence-corrected chi connectivity index (χ1v) is 10.3. The fourth-order valence-corrected chi connectivity index (χ4v) is 3.65. The van der Waals surface area contributed by atoms with Gasteiger partial charge in [-0.2, -0.15) is 0 Å². The highest BCUT2D eigenvalue weighted by atomic mass is 16.5. The molecule has 0 spiro atoms. The van der Waals surface area contributed by atoms with Crippen LogP contribution in [0.1, 0.15) is 36.9 Å². The van der Waals surface area contributed by atoms with Crippen molar-refractivity contribution in [3.8, 4) is 11.5 Å². The number of nitrogens with zero attached hydrogens (tertiary/aromatic N) is 1. The molecule has 2 amide bonds. The first kappa shape index (κ1) is 22.2. The number of anilines is 1. The summed E-state index contributed by atoms with van der Waals surface area (Å²) in [5.74, 6) is 1.04. The molecule has 3 rings (SSSR count). The molecule has 1 N–H and O–H groups in total. The Kier molecular flexibility index (Phi) is 7.54. The monoisotopic (exact) mass is 424 g/mol. The molecule has 0 aromatic heterocycles. The van der Waals surface area contributed by atoms with Gasteiger partial charge >= 0.3 is 12.0 Å². The number of likely N-dealkylation sites (tertiary alicyclic amines) is 1. The Labute approximate surface area is 182 Å². The molecule has 0 saturated carbocycles. The molecule has 2 aromatic rings. The van der Waals surface area contributed by atoms with E-state index in [0.29, 0.717) is 30.3 Å². The van der Waals surface area contributed by atoms with Gasteiger partial charge in [-0.25, -0.2) is 9.59 Å². The molecule has 0 aliphatic carbocycles. The minimum absolute atomic E-state index is 0.0624. The second kappa shape index (κ2) is 10.5. The quantitative estimate of drug-likeness (QED) is 0.517. The number of hydrogen-bond donors (Lipinski definition) is 1. The maximum Gasteiger partial charge on any atom is 0.330 e. The Morgan fingerprint density at radius 3 is 2.58 bits per heavy atom. The zero-order valence-electron chi connectivity index (χ0n) is 18.1. The summed E-state index contributed by atoms with van der Waals surface area (Å²) in [6.07, 6.45) is 4.85. The first-order chi connectivity index (χ1) is 15.0. The predicted molar refractivity (Wildman–Crippen MR) is 119 cm³/mol. The van der Waals surface area contributed by atoms with Gasteiger partial charge in [0.05, 0.1) is 26.9 Å². The summed E-state index contributed by atoms with van der Waals surface area (Å²) in [5, 5.41) is 2.96. The van der Waals surface area contributed by atoms with E-state index in [1.54, 1.807) is 27.2 Å². The van der Waals surface area contributed by atoms with Crippen LogP contribution >= 0.6 is 0 Å². The van der Waals surface area contributed by atoms with E-state index in [-0.39, 0.29) is 18.0 Å². The zero-order valence-corrected chi connectivity index (χ0v) is 18.1. The van der Waals surface area contributed by atoms with Crippen LogP contribution in [0.3, 0.4) is 0 Å². The van der Waals surface area contributed by atoms with Gasteiger partial charge in [0, 0.05) is 29.9 Å². The van der Waals surface area contributed by atoms with Gasteiger partial charge in [0.1, 0.15) is 11.5 Å². The number of hydrogen-bond acceptors (Lipinski definition) is 5. The standard InChI is InChI=1S/C24H28N2O5/c1-4-31-23(27)14-9-17-7-10-18(11-8-17)25-24(28)26-15-5-6-21(26)20-13-12-19(29-2)16-22(20)30-3/h7-14,16,21H,4-6,15H2,1-3H3,(H,25,28)/b14-9+/t21-/m0/s1. The number of esters is 1. The number of carbonyl (C=O) groups excluding carboxylic acids is 2.